The number of rotatable bonds is 6. The van der Waals surface area contributed by atoms with Crippen LogP contribution in [0.3, 0.4) is 0 Å². The molecule has 0 spiro atoms. The number of carbonyl (C=O) groups is 5. The zero-order chi connectivity index (χ0) is 36.9. The fraction of sp³-hybridized carbons (Fsp3) is 0.583. The third-order valence-corrected chi connectivity index (χ3v) is 12.4. The first-order valence-electron chi connectivity index (χ1n) is 17.6. The number of nitrogens with zero attached hydrogens (tertiary/aromatic N) is 3. The van der Waals surface area contributed by atoms with Gasteiger partial charge in [0.2, 0.25) is 21.8 Å². The van der Waals surface area contributed by atoms with Crippen LogP contribution in [-0.2, 0) is 42.2 Å². The second-order valence-electron chi connectivity index (χ2n) is 15.5. The lowest BCUT2D eigenvalue weighted by Gasteiger charge is -2.36. The van der Waals surface area contributed by atoms with Gasteiger partial charge in [-0.2, -0.15) is 0 Å². The Balaban J connectivity index is 1.29. The summed E-state index contributed by atoms with van der Waals surface area (Å²) >= 11 is 0. The molecule has 5 atom stereocenters. The van der Waals surface area contributed by atoms with Gasteiger partial charge in [-0.1, -0.05) is 57.2 Å². The summed E-state index contributed by atoms with van der Waals surface area (Å²) in [5, 5.41) is 4.98. The number of ether oxygens (including phenoxy) is 1. The van der Waals surface area contributed by atoms with Gasteiger partial charge in [0.1, 0.15) is 23.7 Å². The lowest BCUT2D eigenvalue weighted by atomic mass is 9.85. The van der Waals surface area contributed by atoms with Crippen molar-refractivity contribution in [3.05, 3.63) is 53.6 Å². The number of fused-ring (bicyclic) bond motifs is 3. The monoisotopic (exact) mass is 724 g/mol. The molecule has 0 unspecified atom stereocenters. The average Bonchev–Trinajstić information content (AvgIpc) is 3.96. The molecule has 3 fully saturated rings. The van der Waals surface area contributed by atoms with Crippen molar-refractivity contribution in [3.8, 4) is 0 Å². The summed E-state index contributed by atoms with van der Waals surface area (Å²) in [5.74, 6) is -2.64. The van der Waals surface area contributed by atoms with Crippen LogP contribution in [-0.4, -0.2) is 102 Å². The van der Waals surface area contributed by atoms with Gasteiger partial charge < -0.3 is 25.2 Å². The molecule has 15 heteroatoms. The normalized spacial score (nSPS) is 29.3. The molecule has 51 heavy (non-hydrogen) atoms. The lowest BCUT2D eigenvalue weighted by molar-refractivity contribution is -0.142. The molecule has 276 valence electrons. The SMILES string of the molecule is C=C[C@@H]1C[C@]1(NC(=O)[C@@H]1C[C@@H]2CN1C(=O)[C@H](C(C)(C)C)NC(=O)N(C)CCC/C=C\c1cccc3c1CN(C3)C(=O)O2)C(=O)NS(=O)(=O)C1CC1. The molecule has 3 heterocycles. The Morgan fingerprint density at radius 3 is 2.55 bits per heavy atom. The van der Waals surface area contributed by atoms with Crippen molar-refractivity contribution in [3.63, 3.8) is 0 Å². The molecule has 2 saturated carbocycles. The fourth-order valence-corrected chi connectivity index (χ4v) is 8.51. The number of amides is 6. The number of nitrogens with one attached hydrogen (secondary N) is 3. The molecule has 14 nitrogen and oxygen atoms in total. The van der Waals surface area contributed by atoms with Crippen LogP contribution in [0.15, 0.2) is 36.9 Å². The van der Waals surface area contributed by atoms with Gasteiger partial charge in [0, 0.05) is 32.5 Å². The predicted octanol–water partition coefficient (Wildman–Crippen LogP) is 2.64. The maximum atomic E-state index is 14.5. The van der Waals surface area contributed by atoms with Gasteiger partial charge in [-0.3, -0.25) is 24.0 Å². The van der Waals surface area contributed by atoms with Crippen molar-refractivity contribution >= 4 is 45.9 Å². The summed E-state index contributed by atoms with van der Waals surface area (Å²) in [6, 6.07) is 3.20. The maximum Gasteiger partial charge on any atom is 0.410 e. The van der Waals surface area contributed by atoms with Gasteiger partial charge >= 0.3 is 12.1 Å². The highest BCUT2D eigenvalue weighted by Gasteiger charge is 2.62. The minimum Gasteiger partial charge on any atom is -0.444 e. The highest BCUT2D eigenvalue weighted by atomic mass is 32.2. The third-order valence-electron chi connectivity index (χ3n) is 10.5. The van der Waals surface area contributed by atoms with E-state index < -0.39 is 80.2 Å². The first kappa shape index (κ1) is 36.4. The summed E-state index contributed by atoms with van der Waals surface area (Å²) in [4.78, 5) is 73.4. The third kappa shape index (κ3) is 7.49. The molecule has 5 aliphatic rings. The van der Waals surface area contributed by atoms with Crippen LogP contribution in [0.4, 0.5) is 9.59 Å². The van der Waals surface area contributed by atoms with E-state index in [9.17, 15) is 32.4 Å². The van der Waals surface area contributed by atoms with Crippen LogP contribution in [0.2, 0.25) is 0 Å². The van der Waals surface area contributed by atoms with Crippen LogP contribution in [0.5, 0.6) is 0 Å². The van der Waals surface area contributed by atoms with Crippen LogP contribution in [0.1, 0.15) is 76.0 Å². The number of hydrogen-bond donors (Lipinski definition) is 3. The first-order valence-corrected chi connectivity index (χ1v) is 19.1. The van der Waals surface area contributed by atoms with Crippen LogP contribution >= 0.6 is 0 Å². The van der Waals surface area contributed by atoms with E-state index in [1.807, 2.05) is 30.4 Å². The van der Waals surface area contributed by atoms with Gasteiger partial charge in [0.05, 0.1) is 18.3 Å². The Hall–Kier alpha value is -4.40. The highest BCUT2D eigenvalue weighted by Crippen LogP contribution is 2.45. The first-order chi connectivity index (χ1) is 24.0. The van der Waals surface area contributed by atoms with Gasteiger partial charge in [0.25, 0.3) is 5.91 Å². The van der Waals surface area contributed by atoms with Crippen molar-refractivity contribution in [2.45, 2.75) is 101 Å². The van der Waals surface area contributed by atoms with Crippen molar-refractivity contribution in [1.82, 2.24) is 30.1 Å². The average molecular weight is 725 g/mol. The molecule has 6 rings (SSSR count). The topological polar surface area (TPSA) is 175 Å². The molecule has 1 aromatic rings. The van der Waals surface area contributed by atoms with E-state index in [0.29, 0.717) is 45.3 Å². The number of benzene rings is 1. The van der Waals surface area contributed by atoms with Crippen molar-refractivity contribution in [2.75, 3.05) is 20.1 Å². The van der Waals surface area contributed by atoms with E-state index in [2.05, 4.69) is 21.9 Å². The Labute approximate surface area is 299 Å². The summed E-state index contributed by atoms with van der Waals surface area (Å²) in [6.07, 6.45) is 6.46. The van der Waals surface area contributed by atoms with E-state index in [1.165, 1.54) is 15.9 Å². The fourth-order valence-electron chi connectivity index (χ4n) is 7.15. The molecule has 1 aromatic carbocycles. The van der Waals surface area contributed by atoms with E-state index in [-0.39, 0.29) is 19.4 Å². The number of hydrogen-bond acceptors (Lipinski definition) is 8. The van der Waals surface area contributed by atoms with E-state index >= 15 is 0 Å². The largest absolute Gasteiger partial charge is 0.444 e. The Morgan fingerprint density at radius 2 is 1.88 bits per heavy atom. The summed E-state index contributed by atoms with van der Waals surface area (Å²) in [6.45, 7) is 10.2. The minimum atomic E-state index is -3.90. The number of carbonyl (C=O) groups excluding carboxylic acids is 5. The van der Waals surface area contributed by atoms with Crippen LogP contribution in [0, 0.1) is 11.3 Å². The summed E-state index contributed by atoms with van der Waals surface area (Å²) < 4.78 is 33.4. The Kier molecular flexibility index (Phi) is 9.72. The zero-order valence-corrected chi connectivity index (χ0v) is 30.5. The van der Waals surface area contributed by atoms with Crippen molar-refractivity contribution in [1.29, 1.82) is 0 Å². The summed E-state index contributed by atoms with van der Waals surface area (Å²) in [5.41, 5.74) is 0.660. The molecule has 3 N–H and O–H groups in total. The van der Waals surface area contributed by atoms with Crippen LogP contribution in [0.25, 0.3) is 6.08 Å². The maximum absolute atomic E-state index is 14.5. The summed E-state index contributed by atoms with van der Waals surface area (Å²) in [7, 11) is -2.24. The number of allylic oxidation sites excluding steroid dienone is 1. The molecule has 0 aromatic heterocycles. The van der Waals surface area contributed by atoms with E-state index in [1.54, 1.807) is 32.7 Å². The molecule has 6 amide bonds. The van der Waals surface area contributed by atoms with Crippen molar-refractivity contribution in [2.24, 2.45) is 11.3 Å². The molecule has 3 aliphatic heterocycles. The van der Waals surface area contributed by atoms with Gasteiger partial charge in [-0.05, 0) is 54.2 Å². The minimum absolute atomic E-state index is 0.0698. The lowest BCUT2D eigenvalue weighted by Crippen LogP contribution is -2.61. The Bertz CT molecular complexity index is 1770. The molecular formula is C36H48N6O8S. The quantitative estimate of drug-likeness (QED) is 0.376. The van der Waals surface area contributed by atoms with Gasteiger partial charge in [-0.15, -0.1) is 6.58 Å². The molecule has 4 bridgehead atoms. The smallest absolute Gasteiger partial charge is 0.410 e. The molecule has 2 aliphatic carbocycles. The van der Waals surface area contributed by atoms with Crippen LogP contribution < -0.4 is 15.4 Å². The molecular weight excluding hydrogens is 676 g/mol. The second-order valence-corrected chi connectivity index (χ2v) is 17.4. The molecule has 0 radical (unpaired) electrons. The number of sulfonamides is 1. The van der Waals surface area contributed by atoms with Crippen molar-refractivity contribution < 1.29 is 37.1 Å². The van der Waals surface area contributed by atoms with E-state index in [4.69, 9.17) is 4.74 Å². The highest BCUT2D eigenvalue weighted by molar-refractivity contribution is 7.91. The predicted molar refractivity (Wildman–Crippen MR) is 188 cm³/mol. The van der Waals surface area contributed by atoms with E-state index in [0.717, 1.165) is 16.7 Å². The van der Waals surface area contributed by atoms with Gasteiger partial charge in [0.15, 0.2) is 0 Å². The zero-order valence-electron chi connectivity index (χ0n) is 29.6. The Morgan fingerprint density at radius 1 is 1.14 bits per heavy atom. The molecule has 1 saturated heterocycles. The second kappa shape index (κ2) is 13.6. The standard InChI is InChI=1S/C36H48N6O8S/c1-6-24-18-36(24,32(45)39-51(48,49)26-14-15-26)38-30(43)28-17-25-20-42(28)31(44)29(35(2,3)4)37-33(46)40(5)16-9-7-8-11-22-12-10-13-23-19-41(21-27(22)23)34(47)50-25/h6,8,10-13,24-26,28-29H,1,7,9,14-21H2,2-5H3,(H,37,46)(H,38,43)(H,39,45)/b11-8-/t24-,25-,28+,29-,36-/m1/s1. The van der Waals surface area contributed by atoms with Gasteiger partial charge in [-0.25, -0.2) is 18.0 Å². The number of urea groups is 1.